The number of aliphatic hydroxyl groups excluding tert-OH is 1. The maximum absolute atomic E-state index is 13.7. The van der Waals surface area contributed by atoms with Gasteiger partial charge in [0.1, 0.15) is 24.9 Å². The highest BCUT2D eigenvalue weighted by molar-refractivity contribution is 6.45. The minimum atomic E-state index is -0.429. The van der Waals surface area contributed by atoms with Gasteiger partial charge >= 0.3 is 0 Å². The van der Waals surface area contributed by atoms with Gasteiger partial charge in [-0.15, -0.1) is 0 Å². The lowest BCUT2D eigenvalue weighted by molar-refractivity contribution is -0.123. The number of ether oxygens (including phenoxy) is 2. The molecule has 3 rings (SSSR count). The van der Waals surface area contributed by atoms with Gasteiger partial charge in [-0.05, 0) is 56.4 Å². The van der Waals surface area contributed by atoms with Crippen molar-refractivity contribution >= 4 is 23.1 Å². The SMILES string of the molecule is CC/C=C1/C2N=C(C(=O)N(CC)CC)C=C(C)C2=NN1CC(=O)c1cc(OCCO)c(OC)c(C(C)(C)C)c1. The van der Waals surface area contributed by atoms with Crippen molar-refractivity contribution in [3.63, 3.8) is 0 Å². The van der Waals surface area contributed by atoms with Crippen molar-refractivity contribution in [2.24, 2.45) is 10.1 Å². The maximum Gasteiger partial charge on any atom is 0.272 e. The van der Waals surface area contributed by atoms with E-state index >= 15 is 0 Å². The summed E-state index contributed by atoms with van der Waals surface area (Å²) >= 11 is 0. The highest BCUT2D eigenvalue weighted by atomic mass is 16.5. The number of carbonyl (C=O) groups excluding carboxylic acids is 2. The first-order chi connectivity index (χ1) is 18.5. The zero-order valence-corrected chi connectivity index (χ0v) is 24.5. The van der Waals surface area contributed by atoms with Crippen LogP contribution >= 0.6 is 0 Å². The Bertz CT molecular complexity index is 1220. The molecule has 1 atom stereocenters. The first-order valence-electron chi connectivity index (χ1n) is 13.6. The molecule has 1 amide bonds. The Kier molecular flexibility index (Phi) is 9.72. The number of rotatable bonds is 11. The van der Waals surface area contributed by atoms with Gasteiger partial charge in [0.2, 0.25) is 0 Å². The molecule has 9 heteroatoms. The molecule has 1 N–H and O–H groups in total. The minimum Gasteiger partial charge on any atom is -0.493 e. The van der Waals surface area contributed by atoms with Gasteiger partial charge in [0.05, 0.1) is 25.1 Å². The van der Waals surface area contributed by atoms with Crippen molar-refractivity contribution in [1.29, 1.82) is 0 Å². The maximum atomic E-state index is 13.7. The second kappa shape index (κ2) is 12.6. The molecule has 0 fully saturated rings. The summed E-state index contributed by atoms with van der Waals surface area (Å²) in [6.45, 7) is 15.1. The van der Waals surface area contributed by atoms with Crippen molar-refractivity contribution < 1.29 is 24.2 Å². The number of fused-ring (bicyclic) bond motifs is 1. The van der Waals surface area contributed by atoms with E-state index in [9.17, 15) is 14.7 Å². The monoisotopic (exact) mass is 538 g/mol. The Morgan fingerprint density at radius 3 is 2.44 bits per heavy atom. The van der Waals surface area contributed by atoms with Crippen molar-refractivity contribution in [3.05, 3.63) is 46.7 Å². The first-order valence-corrected chi connectivity index (χ1v) is 13.6. The normalized spacial score (nSPS) is 17.9. The topological polar surface area (TPSA) is 104 Å². The molecule has 0 spiro atoms. The number of Topliss-reactive ketones (excluding diaryl/α,β-unsaturated/α-hetero) is 1. The highest BCUT2D eigenvalue weighted by Crippen LogP contribution is 2.40. The molecule has 0 aliphatic carbocycles. The molecule has 0 bridgehead atoms. The summed E-state index contributed by atoms with van der Waals surface area (Å²) in [7, 11) is 1.57. The summed E-state index contributed by atoms with van der Waals surface area (Å²) in [5.74, 6) is 0.710. The molecule has 1 aromatic carbocycles. The number of ketones is 1. The molecule has 0 saturated carbocycles. The van der Waals surface area contributed by atoms with Crippen LogP contribution in [-0.2, 0) is 10.2 Å². The molecule has 2 heterocycles. The zero-order chi connectivity index (χ0) is 28.9. The second-order valence-corrected chi connectivity index (χ2v) is 10.6. The van der Waals surface area contributed by atoms with Gasteiger partial charge in [-0.3, -0.25) is 19.6 Å². The molecule has 39 heavy (non-hydrogen) atoms. The molecule has 1 aromatic rings. The summed E-state index contributed by atoms with van der Waals surface area (Å²) in [5.41, 5.74) is 3.78. The fraction of sp³-hybridized carbons (Fsp3) is 0.533. The number of benzene rings is 1. The number of hydrogen-bond acceptors (Lipinski definition) is 8. The highest BCUT2D eigenvalue weighted by Gasteiger charge is 2.37. The third kappa shape index (κ3) is 6.41. The number of methoxy groups -OCH3 is 1. The van der Waals surface area contributed by atoms with E-state index in [0.717, 1.165) is 29.0 Å². The van der Waals surface area contributed by atoms with E-state index in [1.54, 1.807) is 29.2 Å². The van der Waals surface area contributed by atoms with E-state index in [2.05, 4.69) is 0 Å². The van der Waals surface area contributed by atoms with Crippen molar-refractivity contribution in [2.75, 3.05) is 40.0 Å². The average Bonchev–Trinajstić information content (AvgIpc) is 3.24. The third-order valence-corrected chi connectivity index (χ3v) is 6.81. The molecule has 2 aliphatic rings. The predicted molar refractivity (Wildman–Crippen MR) is 154 cm³/mol. The summed E-state index contributed by atoms with van der Waals surface area (Å²) in [6.07, 6.45) is 4.53. The van der Waals surface area contributed by atoms with Crippen LogP contribution in [0.15, 0.2) is 45.6 Å². The van der Waals surface area contributed by atoms with Crippen LogP contribution in [0.3, 0.4) is 0 Å². The number of hydrazone groups is 1. The lowest BCUT2D eigenvalue weighted by Crippen LogP contribution is -2.38. The van der Waals surface area contributed by atoms with Gasteiger partial charge in [-0.25, -0.2) is 0 Å². The van der Waals surface area contributed by atoms with E-state index in [4.69, 9.17) is 19.6 Å². The summed E-state index contributed by atoms with van der Waals surface area (Å²) < 4.78 is 11.4. The standard InChI is InChI=1S/C30H42N4O5/c1-9-12-23-27-26(19(4)15-22(31-27)29(37)33(10-2)11-3)32-34(23)18-24(36)20-16-21(30(5,6)7)28(38-8)25(17-20)39-14-13-35/h12,15-17,27,35H,9-11,13-14,18H2,1-8H3/b23-12-. The predicted octanol–water partition coefficient (Wildman–Crippen LogP) is 4.15. The molecular weight excluding hydrogens is 496 g/mol. The van der Waals surface area contributed by atoms with Crippen molar-refractivity contribution in [1.82, 2.24) is 9.91 Å². The number of aliphatic hydroxyl groups is 1. The van der Waals surface area contributed by atoms with E-state index < -0.39 is 6.04 Å². The smallest absolute Gasteiger partial charge is 0.272 e. The van der Waals surface area contributed by atoms with Crippen LogP contribution in [0.4, 0.5) is 0 Å². The molecule has 1 unspecified atom stereocenters. The van der Waals surface area contributed by atoms with Gasteiger partial charge in [0, 0.05) is 24.2 Å². The zero-order valence-electron chi connectivity index (χ0n) is 24.5. The Balaban J connectivity index is 1.98. The number of allylic oxidation sites excluding steroid dienone is 1. The molecule has 2 aliphatic heterocycles. The Hall–Kier alpha value is -3.46. The Morgan fingerprint density at radius 1 is 1.18 bits per heavy atom. The van der Waals surface area contributed by atoms with Gasteiger partial charge < -0.3 is 19.5 Å². The van der Waals surface area contributed by atoms with Crippen LogP contribution < -0.4 is 9.47 Å². The quantitative estimate of drug-likeness (QED) is 0.425. The van der Waals surface area contributed by atoms with E-state index in [-0.39, 0.29) is 36.9 Å². The van der Waals surface area contributed by atoms with Crippen LogP contribution in [0.2, 0.25) is 0 Å². The molecule has 212 valence electrons. The van der Waals surface area contributed by atoms with Crippen LogP contribution in [0.5, 0.6) is 11.5 Å². The van der Waals surface area contributed by atoms with Gasteiger partial charge in [0.15, 0.2) is 17.3 Å². The van der Waals surface area contributed by atoms with E-state index in [1.807, 2.05) is 60.6 Å². The number of nitrogens with zero attached hydrogens (tertiary/aromatic N) is 4. The van der Waals surface area contributed by atoms with E-state index in [1.165, 1.54) is 0 Å². The Morgan fingerprint density at radius 2 is 1.87 bits per heavy atom. The molecule has 0 radical (unpaired) electrons. The summed E-state index contributed by atoms with van der Waals surface area (Å²) in [4.78, 5) is 33.3. The fourth-order valence-electron chi connectivity index (χ4n) is 4.76. The number of amides is 1. The summed E-state index contributed by atoms with van der Waals surface area (Å²) in [5, 5.41) is 15.8. The molecule has 0 saturated heterocycles. The Labute approximate surface area is 231 Å². The fourth-order valence-corrected chi connectivity index (χ4v) is 4.76. The third-order valence-electron chi connectivity index (χ3n) is 6.81. The van der Waals surface area contributed by atoms with Crippen molar-refractivity contribution in [3.8, 4) is 11.5 Å². The lowest BCUT2D eigenvalue weighted by Gasteiger charge is -2.25. The van der Waals surface area contributed by atoms with Crippen molar-refractivity contribution in [2.45, 2.75) is 66.3 Å². The molecule has 0 aromatic heterocycles. The minimum absolute atomic E-state index is 0.00328. The van der Waals surface area contributed by atoms with Gasteiger partial charge in [-0.1, -0.05) is 33.8 Å². The first kappa shape index (κ1) is 30.1. The number of hydrogen-bond donors (Lipinski definition) is 1. The van der Waals surface area contributed by atoms with Gasteiger partial charge in [-0.2, -0.15) is 5.10 Å². The van der Waals surface area contributed by atoms with Crippen LogP contribution in [0.25, 0.3) is 0 Å². The lowest BCUT2D eigenvalue weighted by atomic mass is 9.84. The number of carbonyl (C=O) groups is 2. The molecule has 9 nitrogen and oxygen atoms in total. The van der Waals surface area contributed by atoms with E-state index in [0.29, 0.717) is 35.9 Å². The van der Waals surface area contributed by atoms with Crippen LogP contribution in [-0.4, -0.2) is 84.1 Å². The second-order valence-electron chi connectivity index (χ2n) is 10.6. The summed E-state index contributed by atoms with van der Waals surface area (Å²) in [6, 6.07) is 3.08. The van der Waals surface area contributed by atoms with Crippen LogP contribution in [0.1, 0.15) is 70.8 Å². The average molecular weight is 539 g/mol. The number of aliphatic imine (C=N–C) groups is 1. The van der Waals surface area contributed by atoms with Gasteiger partial charge in [0.25, 0.3) is 5.91 Å². The number of dihydropyridines is 1. The molecular formula is C30H42N4O5. The largest absolute Gasteiger partial charge is 0.493 e. The van der Waals surface area contributed by atoms with Crippen LogP contribution in [0, 0.1) is 0 Å².